The molecule has 0 saturated heterocycles. The highest BCUT2D eigenvalue weighted by Gasteiger charge is 2.16. The zero-order chi connectivity index (χ0) is 21.9. The summed E-state index contributed by atoms with van der Waals surface area (Å²) >= 11 is 0. The molecule has 0 atom stereocenters. The van der Waals surface area contributed by atoms with E-state index in [0.29, 0.717) is 6.04 Å². The number of aliphatic hydroxyl groups excluding tert-OH is 1. The highest BCUT2D eigenvalue weighted by atomic mass is 16.2. The van der Waals surface area contributed by atoms with Crippen molar-refractivity contribution in [1.82, 2.24) is 4.90 Å². The Morgan fingerprint density at radius 3 is 2.40 bits per heavy atom. The lowest BCUT2D eigenvalue weighted by atomic mass is 9.97. The average Bonchev–Trinajstić information content (AvgIpc) is 2.74. The van der Waals surface area contributed by atoms with E-state index in [0.717, 1.165) is 43.8 Å². The number of amidine groups is 1. The Labute approximate surface area is 183 Å². The fourth-order valence-corrected chi connectivity index (χ4v) is 3.56. The molecule has 30 heavy (non-hydrogen) atoms. The molecule has 0 heterocycles. The van der Waals surface area contributed by atoms with Crippen LogP contribution < -0.4 is 0 Å². The van der Waals surface area contributed by atoms with E-state index in [1.807, 2.05) is 0 Å². The highest BCUT2D eigenvalue weighted by Crippen LogP contribution is 2.28. The minimum Gasteiger partial charge on any atom is -0.396 e. The second-order valence-corrected chi connectivity index (χ2v) is 8.39. The molecule has 162 valence electrons. The number of hydrogen-bond donors (Lipinski definition) is 1. The zero-order valence-corrected chi connectivity index (χ0v) is 19.4. The van der Waals surface area contributed by atoms with Gasteiger partial charge >= 0.3 is 0 Å². The van der Waals surface area contributed by atoms with Gasteiger partial charge in [-0.25, -0.2) is 4.99 Å². The first-order chi connectivity index (χ1) is 14.4. The summed E-state index contributed by atoms with van der Waals surface area (Å²) in [5.74, 6) is 0.994. The third-order valence-electron chi connectivity index (χ3n) is 5.20. The lowest BCUT2D eigenvalue weighted by molar-refractivity contribution is 0.268. The SMILES string of the molecule is CC(C)=CC(=N/C(C1=CCCC=C1)=C(\C)c1ccccc1)N(CCCCO)C(C)C. The molecule has 0 amide bonds. The molecule has 0 fully saturated rings. The maximum Gasteiger partial charge on any atom is 0.129 e. The summed E-state index contributed by atoms with van der Waals surface area (Å²) in [6.45, 7) is 11.9. The molecule has 1 aromatic rings. The van der Waals surface area contributed by atoms with Crippen molar-refractivity contribution in [2.45, 2.75) is 66.3 Å². The Morgan fingerprint density at radius 2 is 1.83 bits per heavy atom. The minimum atomic E-state index is 0.233. The molecule has 0 unspecified atom stereocenters. The van der Waals surface area contributed by atoms with E-state index < -0.39 is 0 Å². The van der Waals surface area contributed by atoms with Crippen LogP contribution in [0, 0.1) is 0 Å². The van der Waals surface area contributed by atoms with Crippen LogP contribution in [-0.4, -0.2) is 35.0 Å². The maximum absolute atomic E-state index is 9.23. The topological polar surface area (TPSA) is 35.8 Å². The number of rotatable bonds is 9. The van der Waals surface area contributed by atoms with Crippen LogP contribution in [0.5, 0.6) is 0 Å². The number of benzene rings is 1. The van der Waals surface area contributed by atoms with E-state index in [2.05, 4.69) is 94.2 Å². The Kier molecular flexibility index (Phi) is 9.82. The molecule has 1 N–H and O–H groups in total. The summed E-state index contributed by atoms with van der Waals surface area (Å²) in [4.78, 5) is 7.64. The second kappa shape index (κ2) is 12.3. The molecule has 0 aliphatic heterocycles. The van der Waals surface area contributed by atoms with Crippen molar-refractivity contribution in [2.75, 3.05) is 13.2 Å². The van der Waals surface area contributed by atoms with Gasteiger partial charge in [0.05, 0.1) is 5.70 Å². The normalized spacial score (nSPS) is 15.0. The van der Waals surface area contributed by atoms with Crippen molar-refractivity contribution >= 4 is 11.4 Å². The predicted octanol–water partition coefficient (Wildman–Crippen LogP) is 6.54. The van der Waals surface area contributed by atoms with Crippen molar-refractivity contribution in [3.63, 3.8) is 0 Å². The molecule has 0 aromatic heterocycles. The fraction of sp³-hybridized carbons (Fsp3) is 0.444. The van der Waals surface area contributed by atoms with Crippen LogP contribution in [-0.2, 0) is 0 Å². The first-order valence-electron chi connectivity index (χ1n) is 11.2. The van der Waals surface area contributed by atoms with Gasteiger partial charge in [0.25, 0.3) is 0 Å². The van der Waals surface area contributed by atoms with Gasteiger partial charge in [-0.05, 0) is 83.1 Å². The molecular weight excluding hydrogens is 368 g/mol. The van der Waals surface area contributed by atoms with Crippen LogP contribution in [0.3, 0.4) is 0 Å². The van der Waals surface area contributed by atoms with Crippen LogP contribution in [0.2, 0.25) is 0 Å². The van der Waals surface area contributed by atoms with Gasteiger partial charge in [0.15, 0.2) is 0 Å². The monoisotopic (exact) mass is 406 g/mol. The molecular formula is C27H38N2O. The predicted molar refractivity (Wildman–Crippen MR) is 131 cm³/mol. The molecule has 0 bridgehead atoms. The molecule has 2 rings (SSSR count). The number of allylic oxidation sites excluding steroid dienone is 5. The lowest BCUT2D eigenvalue weighted by Gasteiger charge is -2.30. The summed E-state index contributed by atoms with van der Waals surface area (Å²) < 4.78 is 0. The Bertz CT molecular complexity index is 822. The van der Waals surface area contributed by atoms with Crippen molar-refractivity contribution < 1.29 is 5.11 Å². The van der Waals surface area contributed by atoms with Crippen LogP contribution >= 0.6 is 0 Å². The van der Waals surface area contributed by atoms with Crippen molar-refractivity contribution in [3.05, 3.63) is 77.0 Å². The molecule has 0 spiro atoms. The van der Waals surface area contributed by atoms with Gasteiger partial charge < -0.3 is 10.0 Å². The van der Waals surface area contributed by atoms with Gasteiger partial charge in [-0.3, -0.25) is 0 Å². The van der Waals surface area contributed by atoms with E-state index in [1.165, 1.54) is 22.3 Å². The highest BCUT2D eigenvalue weighted by molar-refractivity contribution is 5.95. The first kappa shape index (κ1) is 23.9. The lowest BCUT2D eigenvalue weighted by Crippen LogP contribution is -2.37. The van der Waals surface area contributed by atoms with E-state index in [-0.39, 0.29) is 6.61 Å². The van der Waals surface area contributed by atoms with Gasteiger partial charge in [0.1, 0.15) is 5.84 Å². The molecule has 3 heteroatoms. The Balaban J connectivity index is 2.61. The van der Waals surface area contributed by atoms with E-state index in [1.54, 1.807) is 0 Å². The quantitative estimate of drug-likeness (QED) is 0.287. The second-order valence-electron chi connectivity index (χ2n) is 8.39. The van der Waals surface area contributed by atoms with Gasteiger partial charge in [-0.2, -0.15) is 0 Å². The third-order valence-corrected chi connectivity index (χ3v) is 5.20. The first-order valence-corrected chi connectivity index (χ1v) is 11.2. The summed E-state index contributed by atoms with van der Waals surface area (Å²) in [5, 5.41) is 9.23. The summed E-state index contributed by atoms with van der Waals surface area (Å²) in [6.07, 6.45) is 12.8. The summed E-state index contributed by atoms with van der Waals surface area (Å²) in [6, 6.07) is 10.8. The van der Waals surface area contributed by atoms with Crippen LogP contribution in [0.15, 0.2) is 76.5 Å². The van der Waals surface area contributed by atoms with Crippen LogP contribution in [0.4, 0.5) is 0 Å². The number of aliphatic hydroxyl groups is 1. The zero-order valence-electron chi connectivity index (χ0n) is 19.4. The third kappa shape index (κ3) is 7.14. The van der Waals surface area contributed by atoms with Crippen molar-refractivity contribution in [3.8, 4) is 0 Å². The summed E-state index contributed by atoms with van der Waals surface area (Å²) in [7, 11) is 0. The Morgan fingerprint density at radius 1 is 1.10 bits per heavy atom. The van der Waals surface area contributed by atoms with E-state index in [4.69, 9.17) is 4.99 Å². The van der Waals surface area contributed by atoms with Crippen molar-refractivity contribution in [2.24, 2.45) is 4.99 Å². The number of nitrogens with zero attached hydrogens (tertiary/aromatic N) is 2. The summed E-state index contributed by atoms with van der Waals surface area (Å²) in [5.41, 5.74) is 5.85. The van der Waals surface area contributed by atoms with Crippen LogP contribution in [0.25, 0.3) is 5.57 Å². The maximum atomic E-state index is 9.23. The van der Waals surface area contributed by atoms with Crippen LogP contribution in [0.1, 0.15) is 65.9 Å². The smallest absolute Gasteiger partial charge is 0.129 e. The van der Waals surface area contributed by atoms with E-state index in [9.17, 15) is 5.11 Å². The van der Waals surface area contributed by atoms with Gasteiger partial charge in [-0.15, -0.1) is 0 Å². The molecule has 1 aliphatic carbocycles. The van der Waals surface area contributed by atoms with Gasteiger partial charge in [0, 0.05) is 19.2 Å². The van der Waals surface area contributed by atoms with Gasteiger partial charge in [0.2, 0.25) is 0 Å². The largest absolute Gasteiger partial charge is 0.396 e. The van der Waals surface area contributed by atoms with E-state index >= 15 is 0 Å². The fourth-order valence-electron chi connectivity index (χ4n) is 3.56. The Hall–Kier alpha value is -2.39. The molecule has 0 radical (unpaired) electrons. The number of aliphatic imine (C=N–C) groups is 1. The standard InChI is InChI=1S/C27H38N2O/c1-21(2)20-26(29(22(3)4)18-12-13-19-30)28-27(25-16-10-7-11-17-25)23(5)24-14-8-6-9-15-24/h6,8-10,14-17,20,22,30H,7,11-13,18-19H2,1-5H3/b27-23+,28-26?. The number of hydrogen-bond acceptors (Lipinski definition) is 2. The van der Waals surface area contributed by atoms with Gasteiger partial charge in [-0.1, -0.05) is 54.1 Å². The molecule has 0 saturated carbocycles. The van der Waals surface area contributed by atoms with Crippen molar-refractivity contribution in [1.29, 1.82) is 0 Å². The molecule has 3 nitrogen and oxygen atoms in total. The average molecular weight is 407 g/mol. The minimum absolute atomic E-state index is 0.233. The molecule has 1 aromatic carbocycles. The number of unbranched alkanes of at least 4 members (excludes halogenated alkanes) is 1. The molecule has 1 aliphatic rings.